The molecule has 0 aliphatic rings. The third kappa shape index (κ3) is 5.19. The van der Waals surface area contributed by atoms with E-state index in [9.17, 15) is 14.9 Å². The van der Waals surface area contributed by atoms with Crippen LogP contribution in [0.25, 0.3) is 0 Å². The standard InChI is InChI=1S/C20H19N5O5/c1-24-10-9-18(23-24)20(26)22-21-12-14-3-4-15(19(11-14)29-2)13-30-17-7-5-16(6-8-17)25(27)28/h3-12H,13H2,1-2H3,(H,22,26)/b21-12+. The van der Waals surface area contributed by atoms with Gasteiger partial charge >= 0.3 is 0 Å². The molecule has 0 aliphatic carbocycles. The van der Waals surface area contributed by atoms with E-state index in [0.717, 1.165) is 5.56 Å². The summed E-state index contributed by atoms with van der Waals surface area (Å²) in [5.41, 5.74) is 4.18. The van der Waals surface area contributed by atoms with Crippen LogP contribution < -0.4 is 14.9 Å². The van der Waals surface area contributed by atoms with Gasteiger partial charge in [-0.25, -0.2) is 5.43 Å². The van der Waals surface area contributed by atoms with E-state index in [1.807, 2.05) is 6.07 Å². The highest BCUT2D eigenvalue weighted by molar-refractivity contribution is 5.93. The van der Waals surface area contributed by atoms with Crippen LogP contribution in [0, 0.1) is 10.1 Å². The Labute approximate surface area is 171 Å². The van der Waals surface area contributed by atoms with Crippen LogP contribution in [0.2, 0.25) is 0 Å². The third-order valence-electron chi connectivity index (χ3n) is 4.08. The summed E-state index contributed by atoms with van der Waals surface area (Å²) >= 11 is 0. The van der Waals surface area contributed by atoms with E-state index in [1.165, 1.54) is 42.3 Å². The smallest absolute Gasteiger partial charge is 0.291 e. The van der Waals surface area contributed by atoms with Crippen molar-refractivity contribution in [3.05, 3.63) is 81.7 Å². The molecule has 30 heavy (non-hydrogen) atoms. The maximum atomic E-state index is 11.9. The van der Waals surface area contributed by atoms with Gasteiger partial charge in [0.25, 0.3) is 11.6 Å². The molecule has 0 radical (unpaired) electrons. The van der Waals surface area contributed by atoms with E-state index in [1.54, 1.807) is 31.4 Å². The zero-order chi connectivity index (χ0) is 21.5. The zero-order valence-electron chi connectivity index (χ0n) is 16.3. The summed E-state index contributed by atoms with van der Waals surface area (Å²) < 4.78 is 12.6. The summed E-state index contributed by atoms with van der Waals surface area (Å²) in [6.07, 6.45) is 3.16. The van der Waals surface area contributed by atoms with Gasteiger partial charge in [0.2, 0.25) is 0 Å². The van der Waals surface area contributed by atoms with Gasteiger partial charge in [0.05, 0.1) is 18.2 Å². The van der Waals surface area contributed by atoms with Gasteiger partial charge < -0.3 is 9.47 Å². The highest BCUT2D eigenvalue weighted by Gasteiger charge is 2.09. The van der Waals surface area contributed by atoms with Crippen molar-refractivity contribution >= 4 is 17.8 Å². The van der Waals surface area contributed by atoms with Crippen molar-refractivity contribution in [3.8, 4) is 11.5 Å². The molecule has 1 aromatic heterocycles. The van der Waals surface area contributed by atoms with Crippen LogP contribution in [0.5, 0.6) is 11.5 Å². The van der Waals surface area contributed by atoms with Crippen LogP contribution in [0.1, 0.15) is 21.6 Å². The molecule has 1 heterocycles. The first-order valence-electron chi connectivity index (χ1n) is 8.83. The Hall–Kier alpha value is -4.21. The monoisotopic (exact) mass is 409 g/mol. The maximum Gasteiger partial charge on any atom is 0.291 e. The van der Waals surface area contributed by atoms with Crippen LogP contribution in [-0.4, -0.2) is 33.9 Å². The molecule has 1 N–H and O–H groups in total. The lowest BCUT2D eigenvalue weighted by Gasteiger charge is -2.11. The van der Waals surface area contributed by atoms with Gasteiger partial charge in [-0.3, -0.25) is 19.6 Å². The van der Waals surface area contributed by atoms with E-state index >= 15 is 0 Å². The average Bonchev–Trinajstić information content (AvgIpc) is 3.19. The maximum absolute atomic E-state index is 11.9. The average molecular weight is 409 g/mol. The fourth-order valence-electron chi connectivity index (χ4n) is 2.54. The number of rotatable bonds is 8. The Morgan fingerprint density at radius 2 is 2.03 bits per heavy atom. The van der Waals surface area contributed by atoms with Crippen molar-refractivity contribution in [2.24, 2.45) is 12.1 Å². The summed E-state index contributed by atoms with van der Waals surface area (Å²) in [5, 5.41) is 18.6. The summed E-state index contributed by atoms with van der Waals surface area (Å²) in [7, 11) is 3.26. The minimum absolute atomic E-state index is 0.00120. The molecule has 154 valence electrons. The van der Waals surface area contributed by atoms with Gasteiger partial charge in [-0.2, -0.15) is 10.2 Å². The number of carbonyl (C=O) groups excluding carboxylic acids is 1. The number of benzene rings is 2. The molecule has 0 saturated heterocycles. The number of nitrogens with zero attached hydrogens (tertiary/aromatic N) is 4. The first-order chi connectivity index (χ1) is 14.5. The number of nitro benzene ring substituents is 1. The molecule has 10 heteroatoms. The number of amides is 1. The summed E-state index contributed by atoms with van der Waals surface area (Å²) in [6.45, 7) is 0.217. The van der Waals surface area contributed by atoms with Gasteiger partial charge in [-0.1, -0.05) is 12.1 Å². The number of aryl methyl sites for hydroxylation is 1. The number of hydrogen-bond donors (Lipinski definition) is 1. The molecule has 0 aliphatic heterocycles. The third-order valence-corrected chi connectivity index (χ3v) is 4.08. The van der Waals surface area contributed by atoms with Gasteiger partial charge in [-0.05, 0) is 29.8 Å². The van der Waals surface area contributed by atoms with E-state index in [4.69, 9.17) is 9.47 Å². The summed E-state index contributed by atoms with van der Waals surface area (Å²) in [4.78, 5) is 22.2. The lowest BCUT2D eigenvalue weighted by Crippen LogP contribution is -2.18. The predicted molar refractivity (Wildman–Crippen MR) is 109 cm³/mol. The van der Waals surface area contributed by atoms with Crippen LogP contribution in [-0.2, 0) is 13.7 Å². The van der Waals surface area contributed by atoms with E-state index in [0.29, 0.717) is 17.1 Å². The predicted octanol–water partition coefficient (Wildman–Crippen LogP) is 2.68. The van der Waals surface area contributed by atoms with Gasteiger partial charge in [-0.15, -0.1) is 0 Å². The molecule has 0 bridgehead atoms. The molecule has 2 aromatic carbocycles. The van der Waals surface area contributed by atoms with Gasteiger partial charge in [0.15, 0.2) is 5.69 Å². The first kappa shape index (κ1) is 20.5. The van der Waals surface area contributed by atoms with Crippen LogP contribution in [0.15, 0.2) is 59.8 Å². The minimum atomic E-state index is -0.466. The minimum Gasteiger partial charge on any atom is -0.496 e. The van der Waals surface area contributed by atoms with Gasteiger partial charge in [0, 0.05) is 30.9 Å². The van der Waals surface area contributed by atoms with Crippen molar-refractivity contribution < 1.29 is 19.2 Å². The van der Waals surface area contributed by atoms with Crippen LogP contribution in [0.4, 0.5) is 5.69 Å². The molecule has 0 saturated carbocycles. The second-order valence-corrected chi connectivity index (χ2v) is 6.18. The number of aromatic nitrogens is 2. The molecule has 10 nitrogen and oxygen atoms in total. The van der Waals surface area contributed by atoms with E-state index < -0.39 is 10.8 Å². The molecule has 3 rings (SSSR count). The number of hydrogen-bond acceptors (Lipinski definition) is 7. The molecule has 0 atom stereocenters. The second kappa shape index (κ2) is 9.32. The lowest BCUT2D eigenvalue weighted by atomic mass is 10.1. The highest BCUT2D eigenvalue weighted by atomic mass is 16.6. The number of ether oxygens (including phenoxy) is 2. The largest absolute Gasteiger partial charge is 0.496 e. The van der Waals surface area contributed by atoms with Crippen molar-refractivity contribution in [3.63, 3.8) is 0 Å². The molecule has 0 fully saturated rings. The normalized spacial score (nSPS) is 10.7. The van der Waals surface area contributed by atoms with Gasteiger partial charge in [0.1, 0.15) is 18.1 Å². The Morgan fingerprint density at radius 3 is 2.67 bits per heavy atom. The van der Waals surface area contributed by atoms with Crippen LogP contribution >= 0.6 is 0 Å². The summed E-state index contributed by atoms with van der Waals surface area (Å²) in [5.74, 6) is 0.675. The fraction of sp³-hybridized carbons (Fsp3) is 0.150. The van der Waals surface area contributed by atoms with Crippen molar-refractivity contribution in [2.45, 2.75) is 6.61 Å². The Morgan fingerprint density at radius 1 is 1.27 bits per heavy atom. The number of hydrazone groups is 1. The fourth-order valence-corrected chi connectivity index (χ4v) is 2.54. The molecule has 0 unspecified atom stereocenters. The molecule has 1 amide bonds. The SMILES string of the molecule is COc1cc(/C=N/NC(=O)c2ccn(C)n2)ccc1COc1ccc([N+](=O)[O-])cc1. The number of carbonyl (C=O) groups is 1. The summed E-state index contributed by atoms with van der Waals surface area (Å²) in [6, 6.07) is 12.8. The molecule has 0 spiro atoms. The molecular weight excluding hydrogens is 390 g/mol. The Balaban J connectivity index is 1.61. The zero-order valence-corrected chi connectivity index (χ0v) is 16.3. The number of nitro groups is 1. The van der Waals surface area contributed by atoms with Crippen LogP contribution in [0.3, 0.4) is 0 Å². The number of nitrogens with one attached hydrogen (secondary N) is 1. The number of methoxy groups -OCH3 is 1. The lowest BCUT2D eigenvalue weighted by molar-refractivity contribution is -0.384. The highest BCUT2D eigenvalue weighted by Crippen LogP contribution is 2.23. The van der Waals surface area contributed by atoms with Crippen molar-refractivity contribution in [1.82, 2.24) is 15.2 Å². The first-order valence-corrected chi connectivity index (χ1v) is 8.83. The van der Waals surface area contributed by atoms with E-state index in [2.05, 4.69) is 15.6 Å². The Bertz CT molecular complexity index is 1080. The quantitative estimate of drug-likeness (QED) is 0.347. The van der Waals surface area contributed by atoms with Crippen molar-refractivity contribution in [1.29, 1.82) is 0 Å². The Kier molecular flexibility index (Phi) is 6.38. The van der Waals surface area contributed by atoms with Crippen molar-refractivity contribution in [2.75, 3.05) is 7.11 Å². The second-order valence-electron chi connectivity index (χ2n) is 6.18. The topological polar surface area (TPSA) is 121 Å². The van der Waals surface area contributed by atoms with E-state index in [-0.39, 0.29) is 18.0 Å². The molecule has 3 aromatic rings. The molecular formula is C20H19N5O5. The number of non-ortho nitro benzene ring substituents is 1.